The molecule has 11 rings (SSSR count). The lowest BCUT2D eigenvalue weighted by Crippen LogP contribution is -2.09. The van der Waals surface area contributed by atoms with Gasteiger partial charge < -0.3 is 4.90 Å². The van der Waals surface area contributed by atoms with Crippen LogP contribution in [0.25, 0.3) is 88.0 Å². The van der Waals surface area contributed by atoms with E-state index in [-0.39, 0.29) is 46.7 Å². The first-order chi connectivity index (χ1) is 33.6. The molecule has 0 aliphatic heterocycles. The van der Waals surface area contributed by atoms with Crippen LogP contribution in [0.4, 0.5) is 17.1 Å². The lowest BCUT2D eigenvalue weighted by Gasteiger charge is -2.26. The van der Waals surface area contributed by atoms with Crippen molar-refractivity contribution < 1.29 is 11.0 Å². The third-order valence-electron chi connectivity index (χ3n) is 11.4. The van der Waals surface area contributed by atoms with E-state index < -0.39 is 24.2 Å². The second-order valence-electron chi connectivity index (χ2n) is 15.1. The van der Waals surface area contributed by atoms with Crippen LogP contribution < -0.4 is 4.90 Å². The maximum atomic E-state index is 9.73. The van der Waals surface area contributed by atoms with Crippen LogP contribution in [0.15, 0.2) is 249 Å². The van der Waals surface area contributed by atoms with E-state index in [1.807, 2.05) is 133 Å². The van der Waals surface area contributed by atoms with Crippen LogP contribution in [0.2, 0.25) is 0 Å². The van der Waals surface area contributed by atoms with Crippen molar-refractivity contribution >= 4 is 49.4 Å². The zero-order valence-corrected chi connectivity index (χ0v) is 33.0. The van der Waals surface area contributed by atoms with Crippen LogP contribution in [0.3, 0.4) is 0 Å². The Labute approximate surface area is 368 Å². The zero-order chi connectivity index (χ0) is 47.5. The Kier molecular flexibility index (Phi) is 7.29. The summed E-state index contributed by atoms with van der Waals surface area (Å²) in [6.07, 6.45) is 0. The molecule has 0 radical (unpaired) electrons. The SMILES string of the molecule is [2H]c1c([2H])c(N(c2ccc(-c3cccc(-c4cccc5ccccc45)c3)cc2)c2c([2H])c([2H])c(-c3cc4ccccc4c4ccccc34)c([2H])c2[2H])c([2H])c([2H])c1-c1ccc(-c2ccccc2)cc1. The number of hydrogen-bond donors (Lipinski definition) is 0. The van der Waals surface area contributed by atoms with E-state index >= 15 is 0 Å². The van der Waals surface area contributed by atoms with Gasteiger partial charge in [-0.2, -0.15) is 0 Å². The summed E-state index contributed by atoms with van der Waals surface area (Å²) in [7, 11) is 0. The van der Waals surface area contributed by atoms with Crippen LogP contribution in [-0.2, 0) is 0 Å². The summed E-state index contributed by atoms with van der Waals surface area (Å²) in [5.74, 6) is 0. The monoisotopic (exact) mass is 783 g/mol. The second kappa shape index (κ2) is 15.6. The fourth-order valence-corrected chi connectivity index (χ4v) is 8.35. The van der Waals surface area contributed by atoms with Gasteiger partial charge in [-0.1, -0.05) is 200 Å². The Morgan fingerprint density at radius 2 is 0.721 bits per heavy atom. The van der Waals surface area contributed by atoms with Crippen molar-refractivity contribution in [3.8, 4) is 55.6 Å². The second-order valence-corrected chi connectivity index (χ2v) is 15.1. The summed E-state index contributed by atoms with van der Waals surface area (Å²) in [5, 5.41) is 5.84. The van der Waals surface area contributed by atoms with Crippen molar-refractivity contribution in [2.45, 2.75) is 0 Å². The van der Waals surface area contributed by atoms with E-state index in [0.717, 1.165) is 65.7 Å². The molecular weight excluding hydrogens is 735 g/mol. The van der Waals surface area contributed by atoms with E-state index in [0.29, 0.717) is 16.8 Å². The molecular formula is C60H41N. The summed E-state index contributed by atoms with van der Waals surface area (Å²) in [4.78, 5) is 1.36. The molecule has 0 saturated heterocycles. The van der Waals surface area contributed by atoms with Crippen molar-refractivity contribution in [2.75, 3.05) is 4.90 Å². The predicted octanol–water partition coefficient (Wildman–Crippen LogP) is 17.0. The van der Waals surface area contributed by atoms with E-state index in [4.69, 9.17) is 0 Å². The van der Waals surface area contributed by atoms with Gasteiger partial charge in [-0.15, -0.1) is 0 Å². The molecule has 0 saturated carbocycles. The predicted molar refractivity (Wildman–Crippen MR) is 261 cm³/mol. The fraction of sp³-hybridized carbons (Fsp3) is 0. The summed E-state index contributed by atoms with van der Waals surface area (Å²) >= 11 is 0. The van der Waals surface area contributed by atoms with Gasteiger partial charge in [-0.25, -0.2) is 0 Å². The van der Waals surface area contributed by atoms with E-state index in [9.17, 15) is 11.0 Å². The van der Waals surface area contributed by atoms with Crippen LogP contribution in [0.1, 0.15) is 11.0 Å². The molecule has 0 fully saturated rings. The number of nitrogens with zero attached hydrogens (tertiary/aromatic N) is 1. The molecule has 0 heterocycles. The molecule has 1 heteroatoms. The van der Waals surface area contributed by atoms with E-state index in [2.05, 4.69) is 42.5 Å². The summed E-state index contributed by atoms with van der Waals surface area (Å²) in [6, 6.07) is 61.9. The third kappa shape index (κ3) is 6.93. The lowest BCUT2D eigenvalue weighted by molar-refractivity contribution is 1.28. The molecule has 0 aromatic heterocycles. The van der Waals surface area contributed by atoms with Gasteiger partial charge in [0.15, 0.2) is 0 Å². The molecule has 286 valence electrons. The average molecular weight is 784 g/mol. The Morgan fingerprint density at radius 1 is 0.246 bits per heavy atom. The fourth-order valence-electron chi connectivity index (χ4n) is 8.35. The molecule has 0 spiro atoms. The quantitative estimate of drug-likeness (QED) is 0.139. The van der Waals surface area contributed by atoms with E-state index in [1.165, 1.54) is 4.90 Å². The third-order valence-corrected chi connectivity index (χ3v) is 11.4. The zero-order valence-electron chi connectivity index (χ0n) is 41.0. The molecule has 0 aliphatic carbocycles. The summed E-state index contributed by atoms with van der Waals surface area (Å²) in [5.41, 5.74) is 7.04. The van der Waals surface area contributed by atoms with Gasteiger partial charge in [0.05, 0.1) is 11.0 Å². The van der Waals surface area contributed by atoms with Crippen LogP contribution in [0, 0.1) is 0 Å². The highest BCUT2D eigenvalue weighted by molar-refractivity contribution is 6.13. The van der Waals surface area contributed by atoms with Gasteiger partial charge in [-0.3, -0.25) is 0 Å². The highest BCUT2D eigenvalue weighted by atomic mass is 15.1. The van der Waals surface area contributed by atoms with Gasteiger partial charge in [0.25, 0.3) is 0 Å². The van der Waals surface area contributed by atoms with Crippen LogP contribution >= 0.6 is 0 Å². The van der Waals surface area contributed by atoms with Gasteiger partial charge in [0.1, 0.15) is 0 Å². The highest BCUT2D eigenvalue weighted by Crippen LogP contribution is 2.40. The largest absolute Gasteiger partial charge is 0.311 e. The van der Waals surface area contributed by atoms with Crippen molar-refractivity contribution in [3.63, 3.8) is 0 Å². The maximum Gasteiger partial charge on any atom is 0.0645 e. The molecule has 11 aromatic carbocycles. The number of fused-ring (bicyclic) bond motifs is 4. The highest BCUT2D eigenvalue weighted by Gasteiger charge is 2.16. The van der Waals surface area contributed by atoms with Gasteiger partial charge >= 0.3 is 0 Å². The Morgan fingerprint density at radius 3 is 1.44 bits per heavy atom. The van der Waals surface area contributed by atoms with Gasteiger partial charge in [0, 0.05) is 17.1 Å². The molecule has 11 aromatic rings. The molecule has 0 bridgehead atoms. The normalized spacial score (nSPS) is 13.1. The lowest BCUT2D eigenvalue weighted by atomic mass is 9.93. The molecule has 0 unspecified atom stereocenters. The standard InChI is InChI=1S/C60H41N/c1-2-12-42(13-3-1)43-24-26-44(27-25-43)45-28-34-52(35-29-45)61(54-38-32-48(33-39-54)60-41-51-15-5-7-20-57(51)58-21-8-9-22-59(58)60)53-36-30-46(31-37-53)49-17-10-18-50(40-49)56-23-11-16-47-14-4-6-19-55(47)56/h1-41H/i28D,29D,32D,33D,34D,35D,38D,39D. The Bertz CT molecular complexity index is 3750. The van der Waals surface area contributed by atoms with Crippen molar-refractivity contribution in [1.82, 2.24) is 0 Å². The minimum Gasteiger partial charge on any atom is -0.311 e. The number of hydrogen-bond acceptors (Lipinski definition) is 1. The first kappa shape index (κ1) is 28.4. The Balaban J connectivity index is 1.09. The Hall–Kier alpha value is -8.00. The smallest absolute Gasteiger partial charge is 0.0645 e. The molecule has 0 aliphatic rings. The van der Waals surface area contributed by atoms with Crippen LogP contribution in [0.5, 0.6) is 0 Å². The summed E-state index contributed by atoms with van der Waals surface area (Å²) < 4.78 is 76.8. The topological polar surface area (TPSA) is 3.24 Å². The van der Waals surface area contributed by atoms with Crippen LogP contribution in [-0.4, -0.2) is 0 Å². The maximum absolute atomic E-state index is 9.73. The van der Waals surface area contributed by atoms with Gasteiger partial charge in [0.2, 0.25) is 0 Å². The first-order valence-electron chi connectivity index (χ1n) is 24.3. The first-order valence-corrected chi connectivity index (χ1v) is 20.3. The molecule has 0 amide bonds. The summed E-state index contributed by atoms with van der Waals surface area (Å²) in [6.45, 7) is 0. The minimum absolute atomic E-state index is 0.104. The number of rotatable bonds is 8. The molecule has 0 atom stereocenters. The van der Waals surface area contributed by atoms with Gasteiger partial charge in [-0.05, 0) is 136 Å². The van der Waals surface area contributed by atoms with Crippen molar-refractivity contribution in [2.24, 2.45) is 0 Å². The number of anilines is 3. The van der Waals surface area contributed by atoms with Crippen molar-refractivity contribution in [3.05, 3.63) is 249 Å². The average Bonchev–Trinajstić information content (AvgIpc) is 3.40. The minimum atomic E-state index is -0.397. The van der Waals surface area contributed by atoms with E-state index in [1.54, 1.807) is 24.3 Å². The molecule has 0 N–H and O–H groups in total. The molecule has 1 nitrogen and oxygen atoms in total. The van der Waals surface area contributed by atoms with Crippen molar-refractivity contribution in [1.29, 1.82) is 0 Å². The molecule has 61 heavy (non-hydrogen) atoms. The number of benzene rings is 11.